The highest BCUT2D eigenvalue weighted by Gasteiger charge is 2.11. The first-order valence-electron chi connectivity index (χ1n) is 8.94. The fourth-order valence-corrected chi connectivity index (χ4v) is 3.68. The van der Waals surface area contributed by atoms with Gasteiger partial charge in [0.2, 0.25) is 0 Å². The van der Waals surface area contributed by atoms with Crippen LogP contribution >= 0.6 is 11.8 Å². The number of methoxy groups -OCH3 is 1. The Kier molecular flexibility index (Phi) is 6.40. The van der Waals surface area contributed by atoms with Gasteiger partial charge >= 0.3 is 0 Å². The molecule has 27 heavy (non-hydrogen) atoms. The van der Waals surface area contributed by atoms with Gasteiger partial charge in [0.05, 0.1) is 13.7 Å². The summed E-state index contributed by atoms with van der Waals surface area (Å²) in [4.78, 5) is 0. The predicted octanol–water partition coefficient (Wildman–Crippen LogP) is 4.67. The van der Waals surface area contributed by atoms with Gasteiger partial charge in [0.25, 0.3) is 0 Å². The number of hydrogen-bond acceptors (Lipinski definition) is 5. The Morgan fingerprint density at radius 3 is 2.33 bits per heavy atom. The molecule has 0 amide bonds. The lowest BCUT2D eigenvalue weighted by atomic mass is 10.1. The first-order chi connectivity index (χ1) is 13.1. The van der Waals surface area contributed by atoms with Crippen LogP contribution in [0.4, 0.5) is 0 Å². The fourth-order valence-electron chi connectivity index (χ4n) is 2.86. The number of aromatic nitrogens is 3. The summed E-state index contributed by atoms with van der Waals surface area (Å²) in [5.41, 5.74) is 3.48. The van der Waals surface area contributed by atoms with Gasteiger partial charge in [-0.2, -0.15) is 0 Å². The molecule has 1 aromatic heterocycles. The van der Waals surface area contributed by atoms with E-state index >= 15 is 0 Å². The number of rotatable bonds is 8. The second-order valence-electron chi connectivity index (χ2n) is 6.47. The van der Waals surface area contributed by atoms with Crippen LogP contribution < -0.4 is 9.47 Å². The molecule has 0 fully saturated rings. The SMILES string of the molecule is COc1ccc(-c2nnc(SCCCOc3cc(C)cc(C)c3)n2C)cc1. The molecule has 1 heterocycles. The largest absolute Gasteiger partial charge is 0.497 e. The summed E-state index contributed by atoms with van der Waals surface area (Å²) in [6, 6.07) is 14.2. The number of thioether (sulfide) groups is 1. The number of ether oxygens (including phenoxy) is 2. The summed E-state index contributed by atoms with van der Waals surface area (Å²) < 4.78 is 13.1. The average molecular weight is 384 g/mol. The normalized spacial score (nSPS) is 10.8. The molecular formula is C21H25N3O2S. The van der Waals surface area contributed by atoms with Gasteiger partial charge in [-0.05, 0) is 67.8 Å². The van der Waals surface area contributed by atoms with Crippen LogP contribution in [0.1, 0.15) is 17.5 Å². The van der Waals surface area contributed by atoms with E-state index in [1.54, 1.807) is 18.9 Å². The maximum Gasteiger partial charge on any atom is 0.191 e. The molecule has 0 atom stereocenters. The van der Waals surface area contributed by atoms with E-state index in [0.29, 0.717) is 6.61 Å². The van der Waals surface area contributed by atoms with Crippen molar-refractivity contribution in [3.63, 3.8) is 0 Å². The van der Waals surface area contributed by atoms with E-state index in [4.69, 9.17) is 9.47 Å². The van der Waals surface area contributed by atoms with E-state index in [1.807, 2.05) is 35.9 Å². The zero-order valence-electron chi connectivity index (χ0n) is 16.2. The monoisotopic (exact) mass is 383 g/mol. The van der Waals surface area contributed by atoms with Crippen LogP contribution in [-0.4, -0.2) is 34.2 Å². The van der Waals surface area contributed by atoms with Crippen LogP contribution in [0.5, 0.6) is 11.5 Å². The molecule has 0 unspecified atom stereocenters. The van der Waals surface area contributed by atoms with E-state index in [9.17, 15) is 0 Å². The number of benzene rings is 2. The standard InChI is InChI=1S/C21H25N3O2S/c1-15-12-16(2)14-19(13-15)26-10-5-11-27-21-23-22-20(24(21)3)17-6-8-18(25-4)9-7-17/h6-9,12-14H,5,10-11H2,1-4H3. The Labute approximate surface area is 164 Å². The highest BCUT2D eigenvalue weighted by Crippen LogP contribution is 2.25. The minimum absolute atomic E-state index is 0.694. The Bertz CT molecular complexity index is 871. The van der Waals surface area contributed by atoms with E-state index in [2.05, 4.69) is 42.2 Å². The lowest BCUT2D eigenvalue weighted by Crippen LogP contribution is -2.00. The third-order valence-corrected chi connectivity index (χ3v) is 5.27. The van der Waals surface area contributed by atoms with Crippen molar-refractivity contribution in [3.8, 4) is 22.9 Å². The number of aryl methyl sites for hydroxylation is 2. The van der Waals surface area contributed by atoms with Crippen LogP contribution in [0, 0.1) is 13.8 Å². The number of nitrogens with zero attached hydrogens (tertiary/aromatic N) is 3. The molecule has 6 heteroatoms. The van der Waals surface area contributed by atoms with Gasteiger partial charge < -0.3 is 14.0 Å². The molecule has 0 spiro atoms. The molecule has 0 saturated heterocycles. The van der Waals surface area contributed by atoms with E-state index in [-0.39, 0.29) is 0 Å². The zero-order chi connectivity index (χ0) is 19.2. The van der Waals surface area contributed by atoms with Gasteiger partial charge in [-0.15, -0.1) is 10.2 Å². The first-order valence-corrected chi connectivity index (χ1v) is 9.93. The minimum Gasteiger partial charge on any atom is -0.497 e. The Morgan fingerprint density at radius 2 is 1.67 bits per heavy atom. The van der Waals surface area contributed by atoms with Gasteiger partial charge in [0, 0.05) is 18.4 Å². The van der Waals surface area contributed by atoms with Crippen molar-refractivity contribution in [3.05, 3.63) is 53.6 Å². The molecule has 0 aliphatic rings. The molecule has 5 nitrogen and oxygen atoms in total. The summed E-state index contributed by atoms with van der Waals surface area (Å²) in [5, 5.41) is 9.55. The highest BCUT2D eigenvalue weighted by molar-refractivity contribution is 7.99. The molecule has 3 rings (SSSR count). The van der Waals surface area contributed by atoms with Gasteiger partial charge in [-0.25, -0.2) is 0 Å². The van der Waals surface area contributed by atoms with Crippen molar-refractivity contribution in [1.29, 1.82) is 0 Å². The fraction of sp³-hybridized carbons (Fsp3) is 0.333. The van der Waals surface area contributed by atoms with E-state index < -0.39 is 0 Å². The molecule has 142 valence electrons. The molecule has 0 aliphatic carbocycles. The van der Waals surface area contributed by atoms with E-state index in [1.165, 1.54) is 11.1 Å². The van der Waals surface area contributed by atoms with Gasteiger partial charge in [0.1, 0.15) is 11.5 Å². The van der Waals surface area contributed by atoms with Crippen molar-refractivity contribution >= 4 is 11.8 Å². The maximum absolute atomic E-state index is 5.86. The Morgan fingerprint density at radius 1 is 0.963 bits per heavy atom. The van der Waals surface area contributed by atoms with E-state index in [0.717, 1.165) is 40.2 Å². The summed E-state index contributed by atoms with van der Waals surface area (Å²) in [6.45, 7) is 4.87. The van der Waals surface area contributed by atoms with Crippen LogP contribution in [0.25, 0.3) is 11.4 Å². The summed E-state index contributed by atoms with van der Waals surface area (Å²) in [6.07, 6.45) is 0.947. The van der Waals surface area contributed by atoms with Crippen LogP contribution in [-0.2, 0) is 7.05 Å². The molecule has 2 aromatic carbocycles. The van der Waals surface area contributed by atoms with Crippen molar-refractivity contribution in [2.45, 2.75) is 25.4 Å². The van der Waals surface area contributed by atoms with Crippen LogP contribution in [0.3, 0.4) is 0 Å². The summed E-state index contributed by atoms with van der Waals surface area (Å²) in [7, 11) is 3.66. The molecule has 0 N–H and O–H groups in total. The quantitative estimate of drug-likeness (QED) is 0.418. The van der Waals surface area contributed by atoms with Crippen molar-refractivity contribution < 1.29 is 9.47 Å². The van der Waals surface area contributed by atoms with Crippen molar-refractivity contribution in [2.24, 2.45) is 7.05 Å². The third-order valence-electron chi connectivity index (χ3n) is 4.17. The molecule has 0 bridgehead atoms. The third kappa shape index (κ3) is 5.04. The summed E-state index contributed by atoms with van der Waals surface area (Å²) >= 11 is 1.70. The molecular weight excluding hydrogens is 358 g/mol. The van der Waals surface area contributed by atoms with Gasteiger partial charge in [-0.3, -0.25) is 0 Å². The second-order valence-corrected chi connectivity index (χ2v) is 7.53. The van der Waals surface area contributed by atoms with Gasteiger partial charge in [-0.1, -0.05) is 17.8 Å². The predicted molar refractivity (Wildman–Crippen MR) is 110 cm³/mol. The lowest BCUT2D eigenvalue weighted by Gasteiger charge is -2.08. The van der Waals surface area contributed by atoms with Crippen LogP contribution in [0.2, 0.25) is 0 Å². The minimum atomic E-state index is 0.694. The highest BCUT2D eigenvalue weighted by atomic mass is 32.2. The lowest BCUT2D eigenvalue weighted by molar-refractivity contribution is 0.318. The van der Waals surface area contributed by atoms with Crippen molar-refractivity contribution in [2.75, 3.05) is 19.5 Å². The average Bonchev–Trinajstić information content (AvgIpc) is 3.01. The zero-order valence-corrected chi connectivity index (χ0v) is 17.0. The Hall–Kier alpha value is -2.47. The number of hydrogen-bond donors (Lipinski definition) is 0. The summed E-state index contributed by atoms with van der Waals surface area (Å²) in [5.74, 6) is 3.56. The molecule has 0 aliphatic heterocycles. The smallest absolute Gasteiger partial charge is 0.191 e. The molecule has 0 radical (unpaired) electrons. The van der Waals surface area contributed by atoms with Crippen LogP contribution in [0.15, 0.2) is 47.6 Å². The van der Waals surface area contributed by atoms with Crippen molar-refractivity contribution in [1.82, 2.24) is 14.8 Å². The Balaban J connectivity index is 1.50. The van der Waals surface area contributed by atoms with Gasteiger partial charge in [0.15, 0.2) is 11.0 Å². The maximum atomic E-state index is 5.86. The second kappa shape index (κ2) is 8.95. The molecule has 0 saturated carbocycles. The molecule has 3 aromatic rings. The first kappa shape index (κ1) is 19.3. The topological polar surface area (TPSA) is 49.2 Å².